The van der Waals surface area contributed by atoms with Gasteiger partial charge in [0.25, 0.3) is 0 Å². The molecule has 1 aromatic heterocycles. The fourth-order valence-electron chi connectivity index (χ4n) is 1.94. The van der Waals surface area contributed by atoms with Gasteiger partial charge in [-0.1, -0.05) is 6.07 Å². The molecule has 0 saturated heterocycles. The summed E-state index contributed by atoms with van der Waals surface area (Å²) in [6, 6.07) is 7.94. The first kappa shape index (κ1) is 14.1. The van der Waals surface area contributed by atoms with Crippen LogP contribution >= 0.6 is 0 Å². The number of anilines is 2. The molecule has 1 heterocycles. The molecule has 0 unspecified atom stereocenters. The summed E-state index contributed by atoms with van der Waals surface area (Å²) >= 11 is 0. The highest BCUT2D eigenvalue weighted by Crippen LogP contribution is 2.21. The van der Waals surface area contributed by atoms with Crippen LogP contribution in [-0.2, 0) is 11.3 Å². The van der Waals surface area contributed by atoms with Gasteiger partial charge in [0.05, 0.1) is 0 Å². The Labute approximate surface area is 119 Å². The van der Waals surface area contributed by atoms with Crippen LogP contribution in [0.2, 0.25) is 0 Å². The number of nitrogens with one attached hydrogen (secondary N) is 2. The van der Waals surface area contributed by atoms with E-state index in [1.165, 1.54) is 12.5 Å². The van der Waals surface area contributed by atoms with Gasteiger partial charge in [-0.3, -0.25) is 9.78 Å². The van der Waals surface area contributed by atoms with Crippen molar-refractivity contribution in [3.63, 3.8) is 0 Å². The maximum atomic E-state index is 11.2. The van der Waals surface area contributed by atoms with E-state index in [0.717, 1.165) is 22.5 Å². The van der Waals surface area contributed by atoms with Crippen molar-refractivity contribution in [2.45, 2.75) is 27.3 Å². The van der Waals surface area contributed by atoms with Crippen molar-refractivity contribution >= 4 is 17.3 Å². The molecular weight excluding hydrogens is 250 g/mol. The number of carbonyl (C=O) groups excluding carboxylic acids is 1. The molecular formula is C16H19N3O. The van der Waals surface area contributed by atoms with Crippen molar-refractivity contribution in [2.24, 2.45) is 0 Å². The van der Waals surface area contributed by atoms with E-state index in [9.17, 15) is 4.79 Å². The minimum Gasteiger partial charge on any atom is -0.381 e. The fourth-order valence-corrected chi connectivity index (χ4v) is 1.94. The third-order valence-electron chi connectivity index (χ3n) is 3.18. The first-order valence-electron chi connectivity index (χ1n) is 6.58. The van der Waals surface area contributed by atoms with E-state index in [2.05, 4.69) is 22.5 Å². The van der Waals surface area contributed by atoms with Crippen molar-refractivity contribution < 1.29 is 4.79 Å². The lowest BCUT2D eigenvalue weighted by Crippen LogP contribution is -2.08. The highest BCUT2D eigenvalue weighted by molar-refractivity contribution is 5.90. The molecule has 0 aliphatic rings. The van der Waals surface area contributed by atoms with Crippen LogP contribution in [-0.4, -0.2) is 10.9 Å². The summed E-state index contributed by atoms with van der Waals surface area (Å²) in [5, 5.41) is 6.18. The Balaban J connectivity index is 2.10. The molecule has 0 spiro atoms. The van der Waals surface area contributed by atoms with Gasteiger partial charge in [-0.2, -0.15) is 0 Å². The van der Waals surface area contributed by atoms with Crippen molar-refractivity contribution in [2.75, 3.05) is 10.6 Å². The van der Waals surface area contributed by atoms with Crippen LogP contribution < -0.4 is 10.6 Å². The summed E-state index contributed by atoms with van der Waals surface area (Å²) in [5.74, 6) is -0.0617. The van der Waals surface area contributed by atoms with E-state index in [0.29, 0.717) is 6.54 Å². The molecule has 4 heteroatoms. The van der Waals surface area contributed by atoms with Crippen molar-refractivity contribution in [3.05, 3.63) is 53.3 Å². The predicted octanol–water partition coefficient (Wildman–Crippen LogP) is 3.27. The zero-order valence-corrected chi connectivity index (χ0v) is 12.0. The second-order valence-corrected chi connectivity index (χ2v) is 4.87. The summed E-state index contributed by atoms with van der Waals surface area (Å²) in [6.45, 7) is 6.26. The number of aryl methyl sites for hydroxylation is 2. The molecule has 0 aliphatic carbocycles. The summed E-state index contributed by atoms with van der Waals surface area (Å²) in [4.78, 5) is 15.3. The Hall–Kier alpha value is -2.36. The Bertz CT molecular complexity index is 623. The Morgan fingerprint density at radius 1 is 1.20 bits per heavy atom. The van der Waals surface area contributed by atoms with Crippen molar-refractivity contribution in [3.8, 4) is 0 Å². The summed E-state index contributed by atoms with van der Waals surface area (Å²) in [5.41, 5.74) is 5.23. The van der Waals surface area contributed by atoms with Crippen LogP contribution in [0.4, 0.5) is 11.4 Å². The largest absolute Gasteiger partial charge is 0.381 e. The topological polar surface area (TPSA) is 54.0 Å². The third-order valence-corrected chi connectivity index (χ3v) is 3.18. The molecule has 0 aliphatic heterocycles. The molecule has 0 atom stereocenters. The normalized spacial score (nSPS) is 10.2. The van der Waals surface area contributed by atoms with E-state index in [-0.39, 0.29) is 5.91 Å². The molecule has 0 fully saturated rings. The van der Waals surface area contributed by atoms with Crippen molar-refractivity contribution in [1.82, 2.24) is 4.98 Å². The maximum Gasteiger partial charge on any atom is 0.221 e. The highest BCUT2D eigenvalue weighted by Gasteiger charge is 2.03. The number of hydrogen-bond donors (Lipinski definition) is 2. The second-order valence-electron chi connectivity index (χ2n) is 4.87. The number of hydrogen-bond acceptors (Lipinski definition) is 3. The minimum absolute atomic E-state index is 0.0617. The first-order chi connectivity index (χ1) is 9.56. The number of amides is 1. The average molecular weight is 269 g/mol. The Kier molecular flexibility index (Phi) is 4.35. The predicted molar refractivity (Wildman–Crippen MR) is 81.8 cm³/mol. The van der Waals surface area contributed by atoms with Crippen LogP contribution in [0.25, 0.3) is 0 Å². The van der Waals surface area contributed by atoms with E-state index >= 15 is 0 Å². The number of rotatable bonds is 4. The maximum absolute atomic E-state index is 11.2. The van der Waals surface area contributed by atoms with Crippen molar-refractivity contribution in [1.29, 1.82) is 0 Å². The van der Waals surface area contributed by atoms with Gasteiger partial charge in [0.15, 0.2) is 0 Å². The molecule has 2 N–H and O–H groups in total. The SMILES string of the molecule is CC(=O)Nc1cc(NCc2cnccc2C)ccc1C. The molecule has 1 amide bonds. The van der Waals surface area contributed by atoms with Gasteiger partial charge in [-0.25, -0.2) is 0 Å². The quantitative estimate of drug-likeness (QED) is 0.895. The van der Waals surface area contributed by atoms with Gasteiger partial charge in [-0.05, 0) is 48.7 Å². The molecule has 2 rings (SSSR count). The zero-order valence-electron chi connectivity index (χ0n) is 12.0. The lowest BCUT2D eigenvalue weighted by molar-refractivity contribution is -0.114. The first-order valence-corrected chi connectivity index (χ1v) is 6.58. The fraction of sp³-hybridized carbons (Fsp3) is 0.250. The molecule has 0 radical (unpaired) electrons. The lowest BCUT2D eigenvalue weighted by atomic mass is 10.1. The molecule has 2 aromatic rings. The average Bonchev–Trinajstić information content (AvgIpc) is 2.40. The summed E-state index contributed by atoms with van der Waals surface area (Å²) in [6.07, 6.45) is 3.66. The van der Waals surface area contributed by atoms with Gasteiger partial charge < -0.3 is 10.6 Å². The molecule has 1 aromatic carbocycles. The number of nitrogens with zero attached hydrogens (tertiary/aromatic N) is 1. The molecule has 4 nitrogen and oxygen atoms in total. The van der Waals surface area contributed by atoms with Crippen LogP contribution in [0.1, 0.15) is 23.6 Å². The molecule has 0 bridgehead atoms. The number of carbonyl (C=O) groups is 1. The second kappa shape index (κ2) is 6.19. The zero-order chi connectivity index (χ0) is 14.5. The van der Waals surface area contributed by atoms with Crippen LogP contribution in [0, 0.1) is 13.8 Å². The Morgan fingerprint density at radius 3 is 2.70 bits per heavy atom. The number of aromatic nitrogens is 1. The number of benzene rings is 1. The smallest absolute Gasteiger partial charge is 0.221 e. The standard InChI is InChI=1S/C16H19N3O/c1-11-6-7-17-9-14(11)10-18-15-5-4-12(2)16(8-15)19-13(3)20/h4-9,18H,10H2,1-3H3,(H,19,20). The van der Waals surface area contributed by atoms with Crippen LogP contribution in [0.3, 0.4) is 0 Å². The van der Waals surface area contributed by atoms with Gasteiger partial charge >= 0.3 is 0 Å². The van der Waals surface area contributed by atoms with Gasteiger partial charge in [0, 0.05) is 37.2 Å². The van der Waals surface area contributed by atoms with Crippen LogP contribution in [0.15, 0.2) is 36.7 Å². The molecule has 20 heavy (non-hydrogen) atoms. The van der Waals surface area contributed by atoms with Gasteiger partial charge in [-0.15, -0.1) is 0 Å². The van der Waals surface area contributed by atoms with E-state index in [1.807, 2.05) is 37.4 Å². The summed E-state index contributed by atoms with van der Waals surface area (Å²) in [7, 11) is 0. The summed E-state index contributed by atoms with van der Waals surface area (Å²) < 4.78 is 0. The number of pyridine rings is 1. The van der Waals surface area contributed by atoms with Gasteiger partial charge in [0.1, 0.15) is 0 Å². The highest BCUT2D eigenvalue weighted by atomic mass is 16.1. The van der Waals surface area contributed by atoms with E-state index < -0.39 is 0 Å². The van der Waals surface area contributed by atoms with E-state index in [4.69, 9.17) is 0 Å². The minimum atomic E-state index is -0.0617. The molecule has 0 saturated carbocycles. The van der Waals surface area contributed by atoms with Crippen LogP contribution in [0.5, 0.6) is 0 Å². The third kappa shape index (κ3) is 3.57. The van der Waals surface area contributed by atoms with Gasteiger partial charge in [0.2, 0.25) is 5.91 Å². The molecule has 104 valence electrons. The monoisotopic (exact) mass is 269 g/mol. The van der Waals surface area contributed by atoms with E-state index in [1.54, 1.807) is 6.20 Å². The Morgan fingerprint density at radius 2 is 2.00 bits per heavy atom. The lowest BCUT2D eigenvalue weighted by Gasteiger charge is -2.12.